The molecule has 0 aliphatic heterocycles. The smallest absolute Gasteiger partial charge is 0.264 e. The summed E-state index contributed by atoms with van der Waals surface area (Å²) >= 11 is 6.27. The monoisotopic (exact) mass is 585 g/mol. The van der Waals surface area contributed by atoms with E-state index in [2.05, 4.69) is 5.32 Å². The molecule has 3 aromatic rings. The van der Waals surface area contributed by atoms with Crippen molar-refractivity contribution in [3.8, 4) is 5.75 Å². The van der Waals surface area contributed by atoms with Crippen molar-refractivity contribution in [3.05, 3.63) is 89.4 Å². The number of rotatable bonds is 14. The van der Waals surface area contributed by atoms with Crippen molar-refractivity contribution in [1.82, 2.24) is 10.2 Å². The number of amides is 2. The molecule has 3 aromatic carbocycles. The number of methoxy groups -OCH3 is 1. The molecule has 0 saturated heterocycles. The summed E-state index contributed by atoms with van der Waals surface area (Å²) in [5.41, 5.74) is 0.931. The van der Waals surface area contributed by atoms with Crippen LogP contribution >= 0.6 is 11.6 Å². The molecule has 40 heavy (non-hydrogen) atoms. The van der Waals surface area contributed by atoms with Crippen molar-refractivity contribution in [2.45, 2.75) is 50.6 Å². The lowest BCUT2D eigenvalue weighted by atomic mass is 10.1. The third-order valence-corrected chi connectivity index (χ3v) is 8.44. The van der Waals surface area contributed by atoms with Crippen molar-refractivity contribution in [1.29, 1.82) is 0 Å². The Hall–Kier alpha value is -3.56. The largest absolute Gasteiger partial charge is 0.495 e. The molecule has 0 radical (unpaired) electrons. The molecular weight excluding hydrogens is 550 g/mol. The second kappa shape index (κ2) is 14.7. The predicted octanol–water partition coefficient (Wildman–Crippen LogP) is 5.27. The predicted molar refractivity (Wildman–Crippen MR) is 158 cm³/mol. The average molecular weight is 586 g/mol. The number of unbranched alkanes of at least 4 members (excludes halogenated alkanes) is 1. The van der Waals surface area contributed by atoms with Crippen molar-refractivity contribution in [3.63, 3.8) is 0 Å². The average Bonchev–Trinajstić information content (AvgIpc) is 2.96. The van der Waals surface area contributed by atoms with E-state index in [4.69, 9.17) is 16.3 Å². The molecule has 0 aliphatic rings. The van der Waals surface area contributed by atoms with Gasteiger partial charge in [0.05, 0.1) is 17.7 Å². The van der Waals surface area contributed by atoms with Crippen LogP contribution in [0.25, 0.3) is 0 Å². The minimum Gasteiger partial charge on any atom is -0.495 e. The van der Waals surface area contributed by atoms with E-state index in [1.165, 1.54) is 30.2 Å². The quantitative estimate of drug-likeness (QED) is 0.260. The van der Waals surface area contributed by atoms with E-state index >= 15 is 0 Å². The van der Waals surface area contributed by atoms with Crippen LogP contribution in [0.1, 0.15) is 38.7 Å². The first kappa shape index (κ1) is 31.0. The van der Waals surface area contributed by atoms with Gasteiger partial charge in [-0.15, -0.1) is 0 Å². The Bertz CT molecular complexity index is 1370. The van der Waals surface area contributed by atoms with Gasteiger partial charge in [0.25, 0.3) is 10.0 Å². The molecule has 0 bridgehead atoms. The number of halogens is 1. The SMILES string of the molecule is CCCCNC(=O)C(CC)N(Cc1ccccc1)C(=O)CN(c1cc(Cl)ccc1OC)S(=O)(=O)c1ccccc1. The van der Waals surface area contributed by atoms with E-state index in [-0.39, 0.29) is 33.8 Å². The summed E-state index contributed by atoms with van der Waals surface area (Å²) in [6, 6.07) is 20.9. The van der Waals surface area contributed by atoms with E-state index in [9.17, 15) is 18.0 Å². The van der Waals surface area contributed by atoms with Gasteiger partial charge in [-0.2, -0.15) is 0 Å². The summed E-state index contributed by atoms with van der Waals surface area (Å²) in [5.74, 6) is -0.587. The first-order valence-corrected chi connectivity index (χ1v) is 15.1. The Morgan fingerprint density at radius 3 is 2.23 bits per heavy atom. The number of sulfonamides is 1. The molecule has 0 saturated carbocycles. The van der Waals surface area contributed by atoms with Gasteiger partial charge in [-0.3, -0.25) is 13.9 Å². The topological polar surface area (TPSA) is 96.0 Å². The standard InChI is InChI=1S/C30H36ClN3O5S/c1-4-6-19-32-30(36)26(5-2)33(21-23-13-9-7-10-14-23)29(35)22-34(27-20-24(31)17-18-28(27)39-3)40(37,38)25-15-11-8-12-16-25/h7-18,20,26H,4-6,19,21-22H2,1-3H3,(H,32,36). The molecule has 0 spiro atoms. The summed E-state index contributed by atoms with van der Waals surface area (Å²) in [4.78, 5) is 28.8. The molecule has 1 atom stereocenters. The summed E-state index contributed by atoms with van der Waals surface area (Å²) in [7, 11) is -2.81. The fourth-order valence-corrected chi connectivity index (χ4v) is 5.90. The summed E-state index contributed by atoms with van der Waals surface area (Å²) < 4.78 is 34.4. The minimum atomic E-state index is -4.23. The number of benzene rings is 3. The van der Waals surface area contributed by atoms with Gasteiger partial charge in [0.1, 0.15) is 18.3 Å². The van der Waals surface area contributed by atoms with Gasteiger partial charge in [0.2, 0.25) is 11.8 Å². The van der Waals surface area contributed by atoms with Crippen LogP contribution in [0.2, 0.25) is 5.02 Å². The van der Waals surface area contributed by atoms with Gasteiger partial charge in [-0.05, 0) is 48.7 Å². The first-order valence-electron chi connectivity index (χ1n) is 13.2. The number of carbonyl (C=O) groups is 2. The highest BCUT2D eigenvalue weighted by molar-refractivity contribution is 7.92. The van der Waals surface area contributed by atoms with Crippen LogP contribution in [0.5, 0.6) is 5.75 Å². The lowest BCUT2D eigenvalue weighted by molar-refractivity contribution is -0.140. The molecule has 0 fully saturated rings. The maximum atomic E-state index is 14.1. The molecule has 1 unspecified atom stereocenters. The Kier molecular flexibility index (Phi) is 11.4. The Morgan fingerprint density at radius 1 is 0.975 bits per heavy atom. The molecular formula is C30H36ClN3O5S. The number of ether oxygens (including phenoxy) is 1. The van der Waals surface area contributed by atoms with Gasteiger partial charge in [0.15, 0.2) is 0 Å². The van der Waals surface area contributed by atoms with Crippen molar-refractivity contribution in [2.75, 3.05) is 24.5 Å². The number of carbonyl (C=O) groups excluding carboxylic acids is 2. The molecule has 0 aliphatic carbocycles. The zero-order chi connectivity index (χ0) is 29.1. The maximum absolute atomic E-state index is 14.1. The lowest BCUT2D eigenvalue weighted by Crippen LogP contribution is -2.52. The molecule has 10 heteroatoms. The zero-order valence-electron chi connectivity index (χ0n) is 23.0. The van der Waals surface area contributed by atoms with Crippen molar-refractivity contribution >= 4 is 39.1 Å². The molecule has 0 aromatic heterocycles. The van der Waals surface area contributed by atoms with Crippen LogP contribution in [0.15, 0.2) is 83.8 Å². The fraction of sp³-hybridized carbons (Fsp3) is 0.333. The van der Waals surface area contributed by atoms with E-state index in [1.54, 1.807) is 30.3 Å². The molecule has 3 rings (SSSR count). The van der Waals surface area contributed by atoms with Crippen molar-refractivity contribution in [2.24, 2.45) is 0 Å². The normalized spacial score (nSPS) is 11.9. The van der Waals surface area contributed by atoms with Gasteiger partial charge in [-0.25, -0.2) is 8.42 Å². The van der Waals surface area contributed by atoms with E-state index in [1.807, 2.05) is 44.2 Å². The Balaban J connectivity index is 2.07. The van der Waals surface area contributed by atoms with Gasteiger partial charge < -0.3 is 15.0 Å². The number of hydrogen-bond donors (Lipinski definition) is 1. The van der Waals surface area contributed by atoms with Crippen LogP contribution in [0.3, 0.4) is 0 Å². The molecule has 8 nitrogen and oxygen atoms in total. The van der Waals surface area contributed by atoms with Gasteiger partial charge in [-0.1, -0.05) is 80.4 Å². The molecule has 214 valence electrons. The molecule has 1 N–H and O–H groups in total. The highest BCUT2D eigenvalue weighted by atomic mass is 35.5. The highest BCUT2D eigenvalue weighted by Gasteiger charge is 2.34. The van der Waals surface area contributed by atoms with Crippen molar-refractivity contribution < 1.29 is 22.7 Å². The summed E-state index contributed by atoms with van der Waals surface area (Å²) in [6.45, 7) is 3.91. The fourth-order valence-electron chi connectivity index (χ4n) is 4.30. The second-order valence-corrected chi connectivity index (χ2v) is 11.5. The highest BCUT2D eigenvalue weighted by Crippen LogP contribution is 2.35. The zero-order valence-corrected chi connectivity index (χ0v) is 24.6. The number of anilines is 1. The van der Waals surface area contributed by atoms with Crippen LogP contribution in [0.4, 0.5) is 5.69 Å². The molecule has 0 heterocycles. The Morgan fingerprint density at radius 2 is 1.62 bits per heavy atom. The van der Waals surface area contributed by atoms with E-state index in [0.717, 1.165) is 22.7 Å². The first-order chi connectivity index (χ1) is 19.2. The third-order valence-electron chi connectivity index (χ3n) is 6.43. The number of nitrogens with zero attached hydrogens (tertiary/aromatic N) is 2. The van der Waals surface area contributed by atoms with E-state index < -0.39 is 28.5 Å². The van der Waals surface area contributed by atoms with Gasteiger partial charge in [0, 0.05) is 18.1 Å². The molecule has 2 amide bonds. The van der Waals surface area contributed by atoms with Crippen LogP contribution in [-0.4, -0.2) is 51.4 Å². The number of hydrogen-bond acceptors (Lipinski definition) is 5. The Labute approximate surface area is 241 Å². The minimum absolute atomic E-state index is 0.00351. The van der Waals surface area contributed by atoms with Crippen LogP contribution in [0, 0.1) is 0 Å². The lowest BCUT2D eigenvalue weighted by Gasteiger charge is -2.33. The second-order valence-electron chi connectivity index (χ2n) is 9.22. The van der Waals surface area contributed by atoms with Crippen LogP contribution < -0.4 is 14.4 Å². The van der Waals surface area contributed by atoms with Gasteiger partial charge >= 0.3 is 0 Å². The summed E-state index contributed by atoms with van der Waals surface area (Å²) in [6.07, 6.45) is 2.08. The summed E-state index contributed by atoms with van der Waals surface area (Å²) in [5, 5.41) is 3.20. The number of nitrogens with one attached hydrogen (secondary N) is 1. The maximum Gasteiger partial charge on any atom is 0.264 e. The van der Waals surface area contributed by atoms with E-state index in [0.29, 0.717) is 13.0 Å². The van der Waals surface area contributed by atoms with Crippen LogP contribution in [-0.2, 0) is 26.2 Å². The third kappa shape index (κ3) is 7.76.